The highest BCUT2D eigenvalue weighted by Crippen LogP contribution is 2.22. The van der Waals surface area contributed by atoms with Gasteiger partial charge < -0.3 is 20.4 Å². The van der Waals surface area contributed by atoms with E-state index in [1.165, 1.54) is 0 Å². The second kappa shape index (κ2) is 7.20. The molecule has 1 aromatic heterocycles. The van der Waals surface area contributed by atoms with Crippen LogP contribution in [0.2, 0.25) is 0 Å². The SMILES string of the molecule is Cc1cc(C)nc(N(C)c2ccc(NCC(O)CO)cc2)n1. The lowest BCUT2D eigenvalue weighted by Gasteiger charge is -2.18. The van der Waals surface area contributed by atoms with Gasteiger partial charge in [0.1, 0.15) is 0 Å². The topological polar surface area (TPSA) is 81.5 Å². The Balaban J connectivity index is 2.09. The Kier molecular flexibility index (Phi) is 5.30. The lowest BCUT2D eigenvalue weighted by molar-refractivity contribution is 0.105. The maximum atomic E-state index is 9.33. The van der Waals surface area contributed by atoms with Gasteiger partial charge in [0.15, 0.2) is 0 Å². The molecule has 1 aromatic carbocycles. The molecule has 0 aliphatic rings. The summed E-state index contributed by atoms with van der Waals surface area (Å²) in [5.74, 6) is 0.661. The molecule has 1 unspecified atom stereocenters. The van der Waals surface area contributed by atoms with Crippen molar-refractivity contribution in [1.29, 1.82) is 0 Å². The molecule has 6 nitrogen and oxygen atoms in total. The monoisotopic (exact) mass is 302 g/mol. The average Bonchev–Trinajstić information content (AvgIpc) is 2.51. The third-order valence-electron chi connectivity index (χ3n) is 3.28. The predicted molar refractivity (Wildman–Crippen MR) is 87.6 cm³/mol. The van der Waals surface area contributed by atoms with Gasteiger partial charge in [0.2, 0.25) is 5.95 Å². The highest BCUT2D eigenvalue weighted by atomic mass is 16.3. The van der Waals surface area contributed by atoms with E-state index in [1.807, 2.05) is 56.1 Å². The summed E-state index contributed by atoms with van der Waals surface area (Å²) in [6.07, 6.45) is -0.758. The van der Waals surface area contributed by atoms with E-state index in [0.717, 1.165) is 22.8 Å². The first kappa shape index (κ1) is 16.2. The minimum atomic E-state index is -0.758. The summed E-state index contributed by atoms with van der Waals surface area (Å²) in [7, 11) is 1.92. The molecule has 22 heavy (non-hydrogen) atoms. The van der Waals surface area contributed by atoms with Crippen molar-refractivity contribution in [1.82, 2.24) is 9.97 Å². The number of hydrogen-bond acceptors (Lipinski definition) is 6. The zero-order chi connectivity index (χ0) is 16.1. The zero-order valence-corrected chi connectivity index (χ0v) is 13.1. The van der Waals surface area contributed by atoms with Crippen LogP contribution in [0.25, 0.3) is 0 Å². The lowest BCUT2D eigenvalue weighted by Crippen LogP contribution is -2.22. The molecule has 0 amide bonds. The van der Waals surface area contributed by atoms with Crippen LogP contribution in [0.1, 0.15) is 11.4 Å². The molecule has 1 atom stereocenters. The number of aryl methyl sites for hydroxylation is 2. The lowest BCUT2D eigenvalue weighted by atomic mass is 10.2. The third kappa shape index (κ3) is 4.16. The number of anilines is 3. The fourth-order valence-electron chi connectivity index (χ4n) is 2.08. The van der Waals surface area contributed by atoms with Crippen molar-refractivity contribution >= 4 is 17.3 Å². The van der Waals surface area contributed by atoms with Gasteiger partial charge in [-0.15, -0.1) is 0 Å². The standard InChI is InChI=1S/C16H22N4O2/c1-11-8-12(2)19-16(18-11)20(3)14-6-4-13(5-7-14)17-9-15(22)10-21/h4-8,15,17,21-22H,9-10H2,1-3H3. The summed E-state index contributed by atoms with van der Waals surface area (Å²) in [6, 6.07) is 9.68. The molecule has 0 aliphatic carbocycles. The summed E-state index contributed by atoms with van der Waals surface area (Å²) in [5.41, 5.74) is 3.72. The van der Waals surface area contributed by atoms with Gasteiger partial charge in [0, 0.05) is 36.4 Å². The number of nitrogens with zero attached hydrogens (tertiary/aromatic N) is 3. The molecule has 118 valence electrons. The van der Waals surface area contributed by atoms with Gasteiger partial charge in [-0.3, -0.25) is 0 Å². The van der Waals surface area contributed by atoms with Crippen LogP contribution >= 0.6 is 0 Å². The Morgan fingerprint density at radius 1 is 1.14 bits per heavy atom. The zero-order valence-electron chi connectivity index (χ0n) is 13.1. The van der Waals surface area contributed by atoms with Crippen LogP contribution in [0.5, 0.6) is 0 Å². The number of nitrogens with one attached hydrogen (secondary N) is 1. The Bertz CT molecular complexity index is 596. The first-order chi connectivity index (χ1) is 10.5. The van der Waals surface area contributed by atoms with Crippen molar-refractivity contribution in [3.8, 4) is 0 Å². The molecule has 0 aliphatic heterocycles. The van der Waals surface area contributed by atoms with E-state index in [1.54, 1.807) is 0 Å². The first-order valence-corrected chi connectivity index (χ1v) is 7.18. The number of aliphatic hydroxyl groups excluding tert-OH is 2. The van der Waals surface area contributed by atoms with Crippen molar-refractivity contribution < 1.29 is 10.2 Å². The van der Waals surface area contributed by atoms with Crippen molar-refractivity contribution in [2.45, 2.75) is 20.0 Å². The molecule has 0 saturated heterocycles. The third-order valence-corrected chi connectivity index (χ3v) is 3.28. The van der Waals surface area contributed by atoms with E-state index in [4.69, 9.17) is 5.11 Å². The minimum Gasteiger partial charge on any atom is -0.394 e. The molecule has 2 rings (SSSR count). The van der Waals surface area contributed by atoms with Crippen LogP contribution < -0.4 is 10.2 Å². The molecule has 2 aromatic rings. The van der Waals surface area contributed by atoms with Crippen LogP contribution in [-0.4, -0.2) is 46.5 Å². The van der Waals surface area contributed by atoms with Gasteiger partial charge in [0.25, 0.3) is 0 Å². The van der Waals surface area contributed by atoms with E-state index in [2.05, 4.69) is 15.3 Å². The van der Waals surface area contributed by atoms with Gasteiger partial charge in [-0.25, -0.2) is 9.97 Å². The maximum absolute atomic E-state index is 9.33. The predicted octanol–water partition coefficient (Wildman–Crippen LogP) is 1.63. The molecule has 6 heteroatoms. The molecule has 0 bridgehead atoms. The quantitative estimate of drug-likeness (QED) is 0.752. The summed E-state index contributed by atoms with van der Waals surface area (Å²) >= 11 is 0. The smallest absolute Gasteiger partial charge is 0.230 e. The van der Waals surface area contributed by atoms with Crippen LogP contribution in [-0.2, 0) is 0 Å². The number of benzene rings is 1. The normalized spacial score (nSPS) is 12.0. The van der Waals surface area contributed by atoms with E-state index in [-0.39, 0.29) is 6.61 Å². The van der Waals surface area contributed by atoms with Crippen molar-refractivity contribution in [3.63, 3.8) is 0 Å². The van der Waals surface area contributed by atoms with Crippen LogP contribution in [0.3, 0.4) is 0 Å². The van der Waals surface area contributed by atoms with Crippen LogP contribution in [0, 0.1) is 13.8 Å². The molecule has 0 spiro atoms. The van der Waals surface area contributed by atoms with Crippen LogP contribution in [0.4, 0.5) is 17.3 Å². The van der Waals surface area contributed by atoms with Gasteiger partial charge in [0.05, 0.1) is 12.7 Å². The molecule has 0 radical (unpaired) electrons. The fraction of sp³-hybridized carbons (Fsp3) is 0.375. The molecule has 0 fully saturated rings. The van der Waals surface area contributed by atoms with E-state index < -0.39 is 6.10 Å². The Hall–Kier alpha value is -2.18. The minimum absolute atomic E-state index is 0.252. The summed E-state index contributed by atoms with van der Waals surface area (Å²) in [4.78, 5) is 10.8. The molecular formula is C16H22N4O2. The molecule has 1 heterocycles. The molecule has 3 N–H and O–H groups in total. The molecular weight excluding hydrogens is 280 g/mol. The average molecular weight is 302 g/mol. The highest BCUT2D eigenvalue weighted by Gasteiger charge is 2.08. The summed E-state index contributed by atoms with van der Waals surface area (Å²) < 4.78 is 0. The van der Waals surface area contributed by atoms with Gasteiger partial charge in [-0.05, 0) is 44.2 Å². The Morgan fingerprint density at radius 2 is 1.73 bits per heavy atom. The number of rotatable bonds is 6. The summed E-state index contributed by atoms with van der Waals surface area (Å²) in [6.45, 7) is 3.96. The Morgan fingerprint density at radius 3 is 2.27 bits per heavy atom. The second-order valence-corrected chi connectivity index (χ2v) is 5.27. The maximum Gasteiger partial charge on any atom is 0.230 e. The van der Waals surface area contributed by atoms with E-state index in [0.29, 0.717) is 12.5 Å². The van der Waals surface area contributed by atoms with Gasteiger partial charge in [-0.2, -0.15) is 0 Å². The highest BCUT2D eigenvalue weighted by molar-refractivity contribution is 5.60. The summed E-state index contributed by atoms with van der Waals surface area (Å²) in [5, 5.41) is 21.2. The first-order valence-electron chi connectivity index (χ1n) is 7.18. The van der Waals surface area contributed by atoms with Gasteiger partial charge >= 0.3 is 0 Å². The van der Waals surface area contributed by atoms with Gasteiger partial charge in [-0.1, -0.05) is 0 Å². The van der Waals surface area contributed by atoms with E-state index in [9.17, 15) is 5.11 Å². The number of aliphatic hydroxyl groups is 2. The van der Waals surface area contributed by atoms with Crippen molar-refractivity contribution in [2.24, 2.45) is 0 Å². The Labute approximate surface area is 130 Å². The van der Waals surface area contributed by atoms with Crippen LogP contribution in [0.15, 0.2) is 30.3 Å². The van der Waals surface area contributed by atoms with Crippen molar-refractivity contribution in [2.75, 3.05) is 30.4 Å². The van der Waals surface area contributed by atoms with E-state index >= 15 is 0 Å². The van der Waals surface area contributed by atoms with Crippen molar-refractivity contribution in [3.05, 3.63) is 41.7 Å². The fourth-order valence-corrected chi connectivity index (χ4v) is 2.08. The number of hydrogen-bond donors (Lipinski definition) is 3. The second-order valence-electron chi connectivity index (χ2n) is 5.27. The molecule has 0 saturated carbocycles. The largest absolute Gasteiger partial charge is 0.394 e. The number of aromatic nitrogens is 2.